The van der Waals surface area contributed by atoms with Gasteiger partial charge in [0.25, 0.3) is 0 Å². The maximum Gasteiger partial charge on any atom is 0.148 e. The summed E-state index contributed by atoms with van der Waals surface area (Å²) in [4.78, 5) is 10.3. The number of aryl methyl sites for hydroxylation is 1. The fraction of sp³-hybridized carbons (Fsp3) is 0.304. The van der Waals surface area contributed by atoms with Gasteiger partial charge in [-0.1, -0.05) is 218 Å². The first-order valence-electron chi connectivity index (χ1n) is 32.7. The number of hydrogen-bond donors (Lipinski definition) is 1. The Balaban J connectivity index is 0.0000105. The van der Waals surface area contributed by atoms with Gasteiger partial charge in [0.2, 0.25) is 0 Å². The van der Waals surface area contributed by atoms with E-state index < -0.39 is 78.8 Å². The molecule has 0 amide bonds. The topological polar surface area (TPSA) is 50.9 Å². The number of nitrogens with zero attached hydrogens (tertiary/aromatic N) is 3. The minimum atomic E-state index is -3.84. The maximum absolute atomic E-state index is 12.8. The van der Waals surface area contributed by atoms with Crippen LogP contribution in [0.5, 0.6) is 5.75 Å². The molecule has 5 heteroatoms. The minimum Gasteiger partial charge on any atom is -0.507 e. The van der Waals surface area contributed by atoms with Crippen LogP contribution in [0.1, 0.15) is 159 Å². The summed E-state index contributed by atoms with van der Waals surface area (Å²) < 4.78 is 141. The smallest absolute Gasteiger partial charge is 0.148 e. The third-order valence-electron chi connectivity index (χ3n) is 13.6. The number of para-hydroxylation sites is 1. The Morgan fingerprint density at radius 2 is 1.15 bits per heavy atom. The second-order valence-electron chi connectivity index (χ2n) is 23.3. The zero-order chi connectivity index (χ0) is 66.1. The van der Waals surface area contributed by atoms with Crippen LogP contribution in [0.2, 0.25) is 0 Å². The summed E-state index contributed by atoms with van der Waals surface area (Å²) >= 11 is 0. The summed E-state index contributed by atoms with van der Waals surface area (Å²) in [6, 6.07) is 37.5. The second kappa shape index (κ2) is 19.7. The molecule has 0 radical (unpaired) electrons. The van der Waals surface area contributed by atoms with E-state index in [1.165, 1.54) is 18.3 Å². The normalized spacial score (nSPS) is 16.4. The Morgan fingerprint density at radius 3 is 1.77 bits per heavy atom. The molecule has 0 fully saturated rings. The van der Waals surface area contributed by atoms with Crippen molar-refractivity contribution in [1.82, 2.24) is 14.5 Å². The van der Waals surface area contributed by atoms with Gasteiger partial charge < -0.3 is 5.11 Å². The van der Waals surface area contributed by atoms with Gasteiger partial charge in [0.15, 0.2) is 0 Å². The quantitative estimate of drug-likeness (QED) is 0.162. The van der Waals surface area contributed by atoms with Crippen LogP contribution in [0.15, 0.2) is 152 Å². The van der Waals surface area contributed by atoms with Crippen molar-refractivity contribution in [2.45, 2.75) is 138 Å². The second-order valence-corrected chi connectivity index (χ2v) is 23.3. The fourth-order valence-corrected chi connectivity index (χ4v) is 9.23. The van der Waals surface area contributed by atoms with Gasteiger partial charge in [-0.3, -0.25) is 9.55 Å². The van der Waals surface area contributed by atoms with Crippen LogP contribution in [-0.2, 0) is 48.1 Å². The van der Waals surface area contributed by atoms with Crippen molar-refractivity contribution in [2.75, 3.05) is 0 Å². The number of rotatable bonds is 7. The molecule has 0 aliphatic heterocycles. The Kier molecular flexibility index (Phi) is 9.75. The van der Waals surface area contributed by atoms with Crippen molar-refractivity contribution in [3.63, 3.8) is 0 Å². The van der Waals surface area contributed by atoms with Crippen LogP contribution >= 0.6 is 0 Å². The molecule has 382 valence electrons. The van der Waals surface area contributed by atoms with E-state index in [4.69, 9.17) is 25.0 Å². The molecule has 0 aliphatic rings. The van der Waals surface area contributed by atoms with E-state index in [9.17, 15) is 12.0 Å². The third kappa shape index (κ3) is 10.8. The summed E-state index contributed by atoms with van der Waals surface area (Å²) in [5, 5.41) is 12.8. The first-order valence-corrected chi connectivity index (χ1v) is 24.7. The fourth-order valence-electron chi connectivity index (χ4n) is 9.23. The van der Waals surface area contributed by atoms with Crippen LogP contribution in [0, 0.1) is 12.9 Å². The van der Waals surface area contributed by atoms with Crippen molar-refractivity contribution in [3.05, 3.63) is 191 Å². The van der Waals surface area contributed by atoms with Crippen molar-refractivity contribution in [3.8, 4) is 78.6 Å². The Bertz CT molecular complexity index is 4160. The van der Waals surface area contributed by atoms with Gasteiger partial charge >= 0.3 is 0 Å². The number of imidazole rings is 1. The van der Waals surface area contributed by atoms with E-state index in [0.29, 0.717) is 61.5 Å². The van der Waals surface area contributed by atoms with E-state index in [-0.39, 0.29) is 54.6 Å². The average molecular weight is 1170 g/mol. The molecule has 4 nitrogen and oxygen atoms in total. The van der Waals surface area contributed by atoms with Crippen LogP contribution in [-0.4, -0.2) is 19.6 Å². The SMILES string of the molecule is [2H]c1c([2H])c(C(C([2H])([2H])[2H])(C([2H])([2H])[2H])C([2H])([2H])[2H])c([2H])c([2H])c1-c1ccnc(-c2[c-]c(-c3cccc4c3nc(-c3cc(C(C)(C)C)cc(C(C)(C)C)c3O)n4-c3cc(C([2H])([2H])[2H])c(-c4ccc(C(C)(C)C)cc4)cc3-c3ccccc3)cc(C(C)(C)C)c2)c1.[Pt]. The van der Waals surface area contributed by atoms with Gasteiger partial charge in [-0.2, -0.15) is 0 Å². The van der Waals surface area contributed by atoms with E-state index >= 15 is 0 Å². The minimum absolute atomic E-state index is 0. The van der Waals surface area contributed by atoms with E-state index in [1.54, 1.807) is 6.07 Å². The van der Waals surface area contributed by atoms with Gasteiger partial charge in [0.1, 0.15) is 11.6 Å². The van der Waals surface area contributed by atoms with Crippen molar-refractivity contribution < 1.29 is 48.1 Å². The molecule has 0 saturated carbocycles. The number of phenolic OH excluding ortho intramolecular Hbond substituents is 1. The molecule has 9 aromatic rings. The number of phenols is 1. The van der Waals surface area contributed by atoms with Crippen LogP contribution in [0.4, 0.5) is 0 Å². The molecule has 0 saturated heterocycles. The monoisotopic (exact) mass is 1170 g/mol. The van der Waals surface area contributed by atoms with Gasteiger partial charge in [-0.15, -0.1) is 29.3 Å². The molecule has 0 atom stereocenters. The number of aromatic nitrogens is 3. The maximum atomic E-state index is 12.8. The van der Waals surface area contributed by atoms with Gasteiger partial charge in [0.05, 0.1) is 27.8 Å². The van der Waals surface area contributed by atoms with Crippen LogP contribution in [0.25, 0.3) is 83.9 Å². The molecule has 7 aromatic carbocycles. The first-order chi connectivity index (χ1) is 40.8. The Hall–Kier alpha value is -6.35. The van der Waals surface area contributed by atoms with Gasteiger partial charge in [0, 0.05) is 60.5 Å². The molecule has 0 bridgehead atoms. The van der Waals surface area contributed by atoms with E-state index in [0.717, 1.165) is 27.8 Å². The van der Waals surface area contributed by atoms with Crippen LogP contribution < -0.4 is 0 Å². The molecule has 1 N–H and O–H groups in total. The predicted molar refractivity (Wildman–Crippen MR) is 310 cm³/mol. The number of aromatic hydroxyl groups is 1. The van der Waals surface area contributed by atoms with Crippen molar-refractivity contribution in [2.24, 2.45) is 0 Å². The predicted octanol–water partition coefficient (Wildman–Crippen LogP) is 18.7. The molecule has 0 unspecified atom stereocenters. The van der Waals surface area contributed by atoms with Crippen LogP contribution in [0.3, 0.4) is 0 Å². The van der Waals surface area contributed by atoms with Crippen molar-refractivity contribution >= 4 is 11.0 Å². The zero-order valence-electron chi connectivity index (χ0n) is 60.2. The zero-order valence-corrected chi connectivity index (χ0v) is 46.5. The first kappa shape index (κ1) is 36.6. The average Bonchev–Trinajstić information content (AvgIpc) is 0.715. The summed E-state index contributed by atoms with van der Waals surface area (Å²) in [6.45, 7) is 10.7. The van der Waals surface area contributed by atoms with E-state index in [1.807, 2.05) is 149 Å². The molecule has 0 aliphatic carbocycles. The molecular weight excluding hydrogens is 1080 g/mol. The molecular formula is C69H74N3OPt-. The number of pyridine rings is 1. The largest absolute Gasteiger partial charge is 0.507 e. The third-order valence-corrected chi connectivity index (χ3v) is 13.6. The molecule has 9 rings (SSSR count). The number of hydrogen-bond acceptors (Lipinski definition) is 3. The van der Waals surface area contributed by atoms with Gasteiger partial charge in [-0.05, 0) is 114 Å². The summed E-state index contributed by atoms with van der Waals surface area (Å²) in [5.41, 5.74) is 3.15. The number of benzene rings is 7. The standard InChI is InChI=1S/C69H74N3O.Pt/c1-43-35-61(56(45-21-18-17-19-22-45)42-55(43)46-27-31-51(32-28-46)66(5,6)7)72-60-24-20-23-54(62(60)71-64(72)57-40-53(68(11,12)13)41-58(63(57)73)69(14,15)16)48-36-49(38-52(37-48)67(8,9)10)59-39-47(33-34-70-59)44-25-29-50(30-26-44)65(2,3)4;/h17-35,37-42,73H,1-16H3;/q-1;/i1D3,2D3,3D3,4D3,25D,26D,29D,30D;. The van der Waals surface area contributed by atoms with Crippen molar-refractivity contribution in [1.29, 1.82) is 0 Å². The number of fused-ring (bicyclic) bond motifs is 1. The molecule has 0 spiro atoms. The summed E-state index contributed by atoms with van der Waals surface area (Å²) in [5.74, 6) is 0.340. The summed E-state index contributed by atoms with van der Waals surface area (Å²) in [6.07, 6.45) is 1.39. The van der Waals surface area contributed by atoms with E-state index in [2.05, 4.69) is 47.6 Å². The Labute approximate surface area is 479 Å². The molecule has 74 heavy (non-hydrogen) atoms. The molecule has 2 heterocycles. The molecule has 2 aromatic heterocycles. The summed E-state index contributed by atoms with van der Waals surface area (Å²) in [7, 11) is 0. The Morgan fingerprint density at radius 1 is 0.514 bits per heavy atom. The van der Waals surface area contributed by atoms with Gasteiger partial charge in [-0.25, -0.2) is 4.98 Å².